The Morgan fingerprint density at radius 1 is 0.800 bits per heavy atom. The summed E-state index contributed by atoms with van der Waals surface area (Å²) in [6.45, 7) is 0. The third-order valence-corrected chi connectivity index (χ3v) is 0. The number of hydrogen-bond donors (Lipinski definition) is 0. The topological polar surface area (TPSA) is 0 Å². The minimum absolute atomic E-state index is 1.00. The van der Waals surface area contributed by atoms with Crippen molar-refractivity contribution in [2.75, 3.05) is 28.2 Å². The highest BCUT2D eigenvalue weighted by atomic mass is 15.6. The zero-order valence-corrected chi connectivity index (χ0v) is 4.45. The predicted octanol–water partition coefficient (Wildman–Crippen LogP) is 0.322. The molecule has 32 valence electrons. The molecule has 0 radical (unpaired) electrons. The summed E-state index contributed by atoms with van der Waals surface area (Å²) >= 11 is 0. The number of rotatable bonds is 0. The molecule has 0 bridgehead atoms. The molecule has 1 nitrogen and oxygen atoms in total. The quantitative estimate of drug-likeness (QED) is 0.289. The summed E-state index contributed by atoms with van der Waals surface area (Å²) < 4.78 is 1.00. The molecule has 0 fully saturated rings. The van der Waals surface area contributed by atoms with Crippen LogP contribution in [-0.4, -0.2) is 32.7 Å². The SMILES string of the molecule is [13CH3][N+]([13CH3])([13CH3])[13CH3]. The smallest absolute Gasteiger partial charge is 0.0675 e. The number of quaternary nitrogens is 1. The highest BCUT2D eigenvalue weighted by Crippen LogP contribution is 1.73. The third kappa shape index (κ3) is 9510. The molecule has 0 saturated carbocycles. The monoisotopic (exact) mass is 78.1 g/mol. The largest absolute Gasteiger partial charge is 0.333 e. The molecule has 0 saturated heterocycles. The van der Waals surface area contributed by atoms with Crippen molar-refractivity contribution in [3.05, 3.63) is 0 Å². The molecule has 0 rings (SSSR count). The number of nitrogens with zero attached hydrogens (tertiary/aromatic N) is 1. The van der Waals surface area contributed by atoms with Crippen molar-refractivity contribution in [3.8, 4) is 0 Å². The van der Waals surface area contributed by atoms with Crippen molar-refractivity contribution in [3.63, 3.8) is 0 Å². The van der Waals surface area contributed by atoms with Gasteiger partial charge in [-0.05, 0) is 0 Å². The lowest BCUT2D eigenvalue weighted by Gasteiger charge is -2.14. The van der Waals surface area contributed by atoms with Gasteiger partial charge >= 0.3 is 0 Å². The van der Waals surface area contributed by atoms with Crippen LogP contribution < -0.4 is 0 Å². The van der Waals surface area contributed by atoms with E-state index in [2.05, 4.69) is 28.2 Å². The summed E-state index contributed by atoms with van der Waals surface area (Å²) in [5.41, 5.74) is 0. The molecular weight excluding hydrogens is 66.0 g/mol. The first kappa shape index (κ1) is 4.96. The molecule has 0 atom stereocenters. The fraction of sp³-hybridized carbons (Fsp3) is 1.00. The fourth-order valence-electron chi connectivity index (χ4n) is 0. The molecule has 0 aromatic rings. The van der Waals surface area contributed by atoms with E-state index in [4.69, 9.17) is 0 Å². The van der Waals surface area contributed by atoms with Gasteiger partial charge in [0.05, 0.1) is 28.2 Å². The van der Waals surface area contributed by atoms with Gasteiger partial charge < -0.3 is 4.48 Å². The van der Waals surface area contributed by atoms with Gasteiger partial charge in [0.15, 0.2) is 0 Å². The first-order chi connectivity index (χ1) is 2.00. The van der Waals surface area contributed by atoms with Gasteiger partial charge in [-0.3, -0.25) is 0 Å². The molecule has 0 amide bonds. The van der Waals surface area contributed by atoms with Crippen LogP contribution in [0.3, 0.4) is 0 Å². The van der Waals surface area contributed by atoms with Crippen LogP contribution in [0.25, 0.3) is 0 Å². The van der Waals surface area contributed by atoms with Crippen molar-refractivity contribution >= 4 is 0 Å². The second kappa shape index (κ2) is 0.977. The molecular formula is C4H12N+. The van der Waals surface area contributed by atoms with Crippen LogP contribution in [-0.2, 0) is 0 Å². The van der Waals surface area contributed by atoms with Gasteiger partial charge in [0, 0.05) is 0 Å². The highest BCUT2D eigenvalue weighted by molar-refractivity contribution is 3.87. The molecule has 0 aromatic carbocycles. The van der Waals surface area contributed by atoms with E-state index in [9.17, 15) is 0 Å². The van der Waals surface area contributed by atoms with E-state index < -0.39 is 0 Å². The molecule has 5 heavy (non-hydrogen) atoms. The summed E-state index contributed by atoms with van der Waals surface area (Å²) in [6, 6.07) is 0. The van der Waals surface area contributed by atoms with Crippen LogP contribution in [0.15, 0.2) is 0 Å². The van der Waals surface area contributed by atoms with Crippen LogP contribution in [0.1, 0.15) is 0 Å². The normalized spacial score (nSPS) is 12.0. The van der Waals surface area contributed by atoms with Crippen LogP contribution in [0.2, 0.25) is 0 Å². The second-order valence-electron chi connectivity index (χ2n) is 2.68. The maximum atomic E-state index is 2.12. The van der Waals surface area contributed by atoms with Crippen molar-refractivity contribution in [1.82, 2.24) is 0 Å². The lowest BCUT2D eigenvalue weighted by atomic mass is 11.4. The third-order valence-electron chi connectivity index (χ3n) is 0. The zero-order valence-electron chi connectivity index (χ0n) is 4.45. The van der Waals surface area contributed by atoms with Gasteiger partial charge in [-0.2, -0.15) is 0 Å². The Bertz CT molecular complexity index is 19.1. The highest BCUT2D eigenvalue weighted by Gasteiger charge is 1.88. The van der Waals surface area contributed by atoms with Crippen molar-refractivity contribution < 1.29 is 4.48 Å². The van der Waals surface area contributed by atoms with E-state index in [0.717, 1.165) is 4.48 Å². The maximum absolute atomic E-state index is 2.12. The Kier molecular flexibility index (Phi) is 0.969. The van der Waals surface area contributed by atoms with Gasteiger partial charge in [-0.25, -0.2) is 0 Å². The lowest BCUT2D eigenvalue weighted by Crippen LogP contribution is -2.27. The standard InChI is InChI=1S/C4H12N/c1-5(2,3)4/h1-4H3/q+1/i1+1,2+1,3+1,4+1. The Morgan fingerprint density at radius 2 is 0.800 bits per heavy atom. The molecule has 0 spiro atoms. The van der Waals surface area contributed by atoms with Gasteiger partial charge in [0.25, 0.3) is 0 Å². The summed E-state index contributed by atoms with van der Waals surface area (Å²) in [5, 5.41) is 0. The van der Waals surface area contributed by atoms with E-state index in [-0.39, 0.29) is 0 Å². The molecule has 1 heteroatoms. The van der Waals surface area contributed by atoms with Crippen molar-refractivity contribution in [1.29, 1.82) is 0 Å². The molecule has 0 heterocycles. The van der Waals surface area contributed by atoms with E-state index in [1.165, 1.54) is 0 Å². The predicted molar refractivity (Wildman–Crippen MR) is 24.0 cm³/mol. The van der Waals surface area contributed by atoms with E-state index in [0.29, 0.717) is 0 Å². The van der Waals surface area contributed by atoms with Crippen LogP contribution in [0, 0.1) is 0 Å². The molecule has 0 aliphatic heterocycles. The average molecular weight is 78.1 g/mol. The van der Waals surface area contributed by atoms with Gasteiger partial charge in [-0.15, -0.1) is 0 Å². The zero-order chi connectivity index (χ0) is 4.50. The second-order valence-corrected chi connectivity index (χ2v) is 2.68. The maximum Gasteiger partial charge on any atom is 0.0675 e. The molecule has 0 unspecified atom stereocenters. The molecule has 0 aromatic heterocycles. The van der Waals surface area contributed by atoms with E-state index in [1.54, 1.807) is 0 Å². The summed E-state index contributed by atoms with van der Waals surface area (Å²) in [5.74, 6) is 0. The lowest BCUT2D eigenvalue weighted by molar-refractivity contribution is -0.849. The van der Waals surface area contributed by atoms with E-state index >= 15 is 0 Å². The fourth-order valence-corrected chi connectivity index (χ4v) is 0. The van der Waals surface area contributed by atoms with Crippen molar-refractivity contribution in [2.24, 2.45) is 0 Å². The molecule has 0 aliphatic rings. The minimum atomic E-state index is 1.00. The van der Waals surface area contributed by atoms with Crippen LogP contribution in [0.4, 0.5) is 0 Å². The van der Waals surface area contributed by atoms with Gasteiger partial charge in [0.1, 0.15) is 0 Å². The molecule has 0 N–H and O–H groups in total. The summed E-state index contributed by atoms with van der Waals surface area (Å²) in [4.78, 5) is 0. The Balaban J connectivity index is 3.02. The van der Waals surface area contributed by atoms with Crippen LogP contribution in [0.5, 0.6) is 0 Å². The first-order valence-electron chi connectivity index (χ1n) is 1.79. The Hall–Kier alpha value is -0.0400. The van der Waals surface area contributed by atoms with Gasteiger partial charge in [-0.1, -0.05) is 0 Å². The molecule has 0 aliphatic carbocycles. The van der Waals surface area contributed by atoms with Crippen LogP contribution >= 0.6 is 0 Å². The minimum Gasteiger partial charge on any atom is -0.333 e. The Labute approximate surface area is 33.8 Å². The average Bonchev–Trinajstić information content (AvgIpc) is 0.722. The summed E-state index contributed by atoms with van der Waals surface area (Å²) in [7, 11) is 8.50. The summed E-state index contributed by atoms with van der Waals surface area (Å²) in [6.07, 6.45) is 0. The Morgan fingerprint density at radius 3 is 0.800 bits per heavy atom. The number of hydrogen-bond acceptors (Lipinski definition) is 0. The van der Waals surface area contributed by atoms with Crippen molar-refractivity contribution in [2.45, 2.75) is 0 Å². The first-order valence-corrected chi connectivity index (χ1v) is 1.79. The van der Waals surface area contributed by atoms with E-state index in [1.807, 2.05) is 0 Å². The van der Waals surface area contributed by atoms with Gasteiger partial charge in [0.2, 0.25) is 0 Å².